The highest BCUT2D eigenvalue weighted by Crippen LogP contribution is 2.15. The van der Waals surface area contributed by atoms with Gasteiger partial charge in [-0.1, -0.05) is 28.1 Å². The summed E-state index contributed by atoms with van der Waals surface area (Å²) in [6.45, 7) is 1.99. The van der Waals surface area contributed by atoms with Crippen LogP contribution < -0.4 is 5.73 Å². The van der Waals surface area contributed by atoms with Crippen molar-refractivity contribution in [3.63, 3.8) is 0 Å². The lowest BCUT2D eigenvalue weighted by Crippen LogP contribution is -2.14. The number of amides is 1. The van der Waals surface area contributed by atoms with Crippen molar-refractivity contribution in [1.82, 2.24) is 0 Å². The number of rotatable bonds is 3. The quantitative estimate of drug-likeness (QED) is 0.809. The third-order valence-electron chi connectivity index (χ3n) is 2.02. The molecule has 13 heavy (non-hydrogen) atoms. The van der Waals surface area contributed by atoms with E-state index in [1.54, 1.807) is 6.07 Å². The van der Waals surface area contributed by atoms with Gasteiger partial charge < -0.3 is 5.73 Å². The maximum Gasteiger partial charge on any atom is 0.248 e. The van der Waals surface area contributed by atoms with Gasteiger partial charge in [0.05, 0.1) is 0 Å². The molecule has 0 aliphatic rings. The zero-order chi connectivity index (χ0) is 9.84. The Bertz CT molecular complexity index is 323. The van der Waals surface area contributed by atoms with E-state index in [0.29, 0.717) is 5.56 Å². The summed E-state index contributed by atoms with van der Waals surface area (Å²) < 4.78 is 0. The molecule has 0 bridgehead atoms. The second kappa shape index (κ2) is 4.42. The van der Waals surface area contributed by atoms with Crippen LogP contribution in [-0.4, -0.2) is 11.2 Å². The van der Waals surface area contributed by atoms with Crippen LogP contribution in [0.3, 0.4) is 0 Å². The predicted molar refractivity (Wildman–Crippen MR) is 57.2 cm³/mol. The van der Waals surface area contributed by atoms with E-state index in [-0.39, 0.29) is 5.91 Å². The van der Waals surface area contributed by atoms with Crippen LogP contribution in [0.5, 0.6) is 0 Å². The molecule has 0 saturated heterocycles. The number of hydrogen-bond acceptors (Lipinski definition) is 1. The van der Waals surface area contributed by atoms with Crippen molar-refractivity contribution < 1.29 is 4.79 Å². The molecule has 0 aliphatic carbocycles. The van der Waals surface area contributed by atoms with Crippen LogP contribution in [0.2, 0.25) is 0 Å². The highest BCUT2D eigenvalue weighted by atomic mass is 79.9. The molecule has 1 aromatic rings. The van der Waals surface area contributed by atoms with Crippen molar-refractivity contribution in [3.05, 3.63) is 34.9 Å². The Hall–Kier alpha value is -0.830. The summed E-state index contributed by atoms with van der Waals surface area (Å²) in [5.41, 5.74) is 8.07. The van der Waals surface area contributed by atoms with Gasteiger partial charge >= 0.3 is 0 Å². The van der Waals surface area contributed by atoms with E-state index >= 15 is 0 Å². The molecule has 2 N–H and O–H groups in total. The summed E-state index contributed by atoms with van der Waals surface area (Å²) in [7, 11) is 0. The van der Waals surface area contributed by atoms with Crippen molar-refractivity contribution in [2.24, 2.45) is 5.73 Å². The average molecular weight is 242 g/mol. The fraction of sp³-hybridized carbons (Fsp3) is 0.300. The lowest BCUT2D eigenvalue weighted by Gasteiger charge is -2.07. The Morgan fingerprint density at radius 1 is 1.54 bits per heavy atom. The lowest BCUT2D eigenvalue weighted by molar-refractivity contribution is 0.0999. The van der Waals surface area contributed by atoms with Crippen molar-refractivity contribution in [1.29, 1.82) is 0 Å². The van der Waals surface area contributed by atoms with E-state index in [4.69, 9.17) is 5.73 Å². The van der Waals surface area contributed by atoms with Crippen LogP contribution in [0.25, 0.3) is 0 Å². The highest BCUT2D eigenvalue weighted by Gasteiger charge is 2.08. The van der Waals surface area contributed by atoms with Crippen LogP contribution >= 0.6 is 15.9 Å². The molecule has 0 aromatic heterocycles. The number of hydrogen-bond donors (Lipinski definition) is 1. The van der Waals surface area contributed by atoms with Gasteiger partial charge in [0.15, 0.2) is 0 Å². The summed E-state index contributed by atoms with van der Waals surface area (Å²) in [6.07, 6.45) is 0.838. The topological polar surface area (TPSA) is 43.1 Å². The third kappa shape index (κ3) is 2.31. The molecule has 1 amide bonds. The summed E-state index contributed by atoms with van der Waals surface area (Å²) in [4.78, 5) is 11.1. The first-order valence-electron chi connectivity index (χ1n) is 4.11. The first kappa shape index (κ1) is 10.3. The van der Waals surface area contributed by atoms with Crippen molar-refractivity contribution in [2.45, 2.75) is 13.3 Å². The largest absolute Gasteiger partial charge is 0.366 e. The number of benzene rings is 1. The van der Waals surface area contributed by atoms with E-state index in [1.165, 1.54) is 0 Å². The van der Waals surface area contributed by atoms with Gasteiger partial charge in [-0.15, -0.1) is 0 Å². The fourth-order valence-electron chi connectivity index (χ4n) is 1.36. The Morgan fingerprint density at radius 2 is 2.23 bits per heavy atom. The second-order valence-corrected chi connectivity index (χ2v) is 3.70. The highest BCUT2D eigenvalue weighted by molar-refractivity contribution is 9.09. The SMILES string of the molecule is Cc1cccc(C(N)=O)c1CCBr. The van der Waals surface area contributed by atoms with Gasteiger partial charge in [0, 0.05) is 10.9 Å². The predicted octanol–water partition coefficient (Wildman–Crippen LogP) is 2.03. The standard InChI is InChI=1S/C10H12BrNO/c1-7-3-2-4-9(10(12)13)8(7)5-6-11/h2-4H,5-6H2,1H3,(H2,12,13). The van der Waals surface area contributed by atoms with Crippen LogP contribution in [0, 0.1) is 6.92 Å². The van der Waals surface area contributed by atoms with Gasteiger partial charge in [-0.3, -0.25) is 4.79 Å². The molecule has 3 heteroatoms. The summed E-state index contributed by atoms with van der Waals surface area (Å²) in [5, 5.41) is 0.845. The number of halogens is 1. The molecule has 0 heterocycles. The van der Waals surface area contributed by atoms with Crippen molar-refractivity contribution in [3.8, 4) is 0 Å². The molecule has 0 radical (unpaired) electrons. The van der Waals surface area contributed by atoms with E-state index in [1.807, 2.05) is 19.1 Å². The zero-order valence-corrected chi connectivity index (χ0v) is 9.10. The first-order valence-corrected chi connectivity index (χ1v) is 5.23. The Kier molecular flexibility index (Phi) is 3.48. The summed E-state index contributed by atoms with van der Waals surface area (Å²) in [5.74, 6) is -0.348. The van der Waals surface area contributed by atoms with E-state index in [2.05, 4.69) is 15.9 Å². The van der Waals surface area contributed by atoms with Gasteiger partial charge in [-0.2, -0.15) is 0 Å². The summed E-state index contributed by atoms with van der Waals surface area (Å²) >= 11 is 3.35. The second-order valence-electron chi connectivity index (χ2n) is 2.90. The van der Waals surface area contributed by atoms with E-state index in [9.17, 15) is 4.79 Å². The Morgan fingerprint density at radius 3 is 2.77 bits per heavy atom. The fourth-order valence-corrected chi connectivity index (χ4v) is 1.76. The normalized spacial score (nSPS) is 10.0. The smallest absolute Gasteiger partial charge is 0.248 e. The molecular formula is C10H12BrNO. The van der Waals surface area contributed by atoms with E-state index < -0.39 is 0 Å². The van der Waals surface area contributed by atoms with Gasteiger partial charge in [0.1, 0.15) is 0 Å². The van der Waals surface area contributed by atoms with Crippen LogP contribution in [0.1, 0.15) is 21.5 Å². The Labute approximate surface area is 86.3 Å². The van der Waals surface area contributed by atoms with Gasteiger partial charge in [0.2, 0.25) is 5.91 Å². The number of carbonyl (C=O) groups is 1. The number of alkyl halides is 1. The first-order chi connectivity index (χ1) is 6.16. The maximum absolute atomic E-state index is 11.1. The monoisotopic (exact) mass is 241 g/mol. The third-order valence-corrected chi connectivity index (χ3v) is 2.42. The molecule has 0 aliphatic heterocycles. The molecule has 0 atom stereocenters. The minimum Gasteiger partial charge on any atom is -0.366 e. The number of carbonyl (C=O) groups excluding carboxylic acids is 1. The van der Waals surface area contributed by atoms with Gasteiger partial charge in [-0.05, 0) is 30.5 Å². The molecular weight excluding hydrogens is 230 g/mol. The minimum atomic E-state index is -0.348. The van der Waals surface area contributed by atoms with Crippen molar-refractivity contribution in [2.75, 3.05) is 5.33 Å². The van der Waals surface area contributed by atoms with Crippen LogP contribution in [0.15, 0.2) is 18.2 Å². The number of nitrogens with two attached hydrogens (primary N) is 1. The maximum atomic E-state index is 11.1. The molecule has 0 fully saturated rings. The van der Waals surface area contributed by atoms with Crippen LogP contribution in [0.4, 0.5) is 0 Å². The molecule has 70 valence electrons. The molecule has 0 saturated carbocycles. The van der Waals surface area contributed by atoms with Crippen molar-refractivity contribution >= 4 is 21.8 Å². The number of primary amides is 1. The zero-order valence-electron chi connectivity index (χ0n) is 7.51. The van der Waals surface area contributed by atoms with Gasteiger partial charge in [-0.25, -0.2) is 0 Å². The minimum absolute atomic E-state index is 0.348. The van der Waals surface area contributed by atoms with Crippen LogP contribution in [-0.2, 0) is 6.42 Å². The average Bonchev–Trinajstić information content (AvgIpc) is 2.08. The van der Waals surface area contributed by atoms with E-state index in [0.717, 1.165) is 22.9 Å². The molecule has 0 unspecified atom stereocenters. The lowest BCUT2D eigenvalue weighted by atomic mass is 9.99. The Balaban J connectivity index is 3.17. The molecule has 0 spiro atoms. The summed E-state index contributed by atoms with van der Waals surface area (Å²) in [6, 6.07) is 5.62. The molecule has 1 rings (SSSR count). The molecule has 1 aromatic carbocycles. The number of aryl methyl sites for hydroxylation is 1. The molecule has 2 nitrogen and oxygen atoms in total. The van der Waals surface area contributed by atoms with Gasteiger partial charge in [0.25, 0.3) is 0 Å².